The molecule has 8 heteroatoms. The topological polar surface area (TPSA) is 90.1 Å². The first-order chi connectivity index (χ1) is 15.2. The minimum atomic E-state index is 0.0633. The molecular formula is C23H28N4O3S. The van der Waals surface area contributed by atoms with Gasteiger partial charge in [0.25, 0.3) is 0 Å². The van der Waals surface area contributed by atoms with Gasteiger partial charge in [0.15, 0.2) is 0 Å². The first-order valence-electron chi connectivity index (χ1n) is 10.9. The standard InChI is InChI=1S/C23H28N4O3S/c1-29-17-13-11-16(12-14-17)23-26-21(30-27-23)9-4-8-20(28)24-15-5-10-22-25-18-6-2-3-7-19(18)31-22/h11-14H,2-10,15H2,1H3,(H,24,28). The van der Waals surface area contributed by atoms with Crippen LogP contribution in [0.2, 0.25) is 0 Å². The normalized spacial score (nSPS) is 13.1. The number of nitrogens with one attached hydrogen (secondary N) is 1. The third kappa shape index (κ3) is 5.91. The van der Waals surface area contributed by atoms with Crippen LogP contribution in [0.4, 0.5) is 0 Å². The maximum absolute atomic E-state index is 12.1. The second-order valence-corrected chi connectivity index (χ2v) is 8.90. The molecule has 0 saturated carbocycles. The van der Waals surface area contributed by atoms with E-state index >= 15 is 0 Å². The highest BCUT2D eigenvalue weighted by Crippen LogP contribution is 2.27. The fourth-order valence-corrected chi connectivity index (χ4v) is 4.88. The third-order valence-electron chi connectivity index (χ3n) is 5.39. The number of hydrogen-bond acceptors (Lipinski definition) is 7. The van der Waals surface area contributed by atoms with Gasteiger partial charge in [-0.25, -0.2) is 4.98 Å². The van der Waals surface area contributed by atoms with Crippen molar-refractivity contribution in [3.8, 4) is 17.1 Å². The van der Waals surface area contributed by atoms with E-state index in [9.17, 15) is 4.79 Å². The quantitative estimate of drug-likeness (QED) is 0.476. The molecule has 0 unspecified atom stereocenters. The number of carbonyl (C=O) groups is 1. The van der Waals surface area contributed by atoms with Crippen LogP contribution in [-0.2, 0) is 30.5 Å². The molecule has 0 aliphatic heterocycles. The van der Waals surface area contributed by atoms with Crippen LogP contribution in [0.5, 0.6) is 5.75 Å². The average Bonchev–Trinajstić information content (AvgIpc) is 3.43. The smallest absolute Gasteiger partial charge is 0.226 e. The Labute approximate surface area is 186 Å². The average molecular weight is 441 g/mol. The summed E-state index contributed by atoms with van der Waals surface area (Å²) in [5.74, 6) is 1.94. The van der Waals surface area contributed by atoms with Gasteiger partial charge in [0.2, 0.25) is 17.6 Å². The lowest BCUT2D eigenvalue weighted by molar-refractivity contribution is -0.121. The molecule has 2 aromatic heterocycles. The molecule has 0 atom stereocenters. The summed E-state index contributed by atoms with van der Waals surface area (Å²) in [7, 11) is 1.63. The highest BCUT2D eigenvalue weighted by Gasteiger charge is 2.15. The van der Waals surface area contributed by atoms with E-state index in [1.807, 2.05) is 35.6 Å². The Morgan fingerprint density at radius 2 is 1.97 bits per heavy atom. The molecule has 1 aliphatic rings. The van der Waals surface area contributed by atoms with Crippen molar-refractivity contribution in [1.29, 1.82) is 0 Å². The number of hydrogen-bond donors (Lipinski definition) is 1. The number of amides is 1. The maximum Gasteiger partial charge on any atom is 0.226 e. The van der Waals surface area contributed by atoms with Crippen molar-refractivity contribution in [2.24, 2.45) is 0 Å². The summed E-state index contributed by atoms with van der Waals surface area (Å²) in [5, 5.41) is 8.24. The first-order valence-corrected chi connectivity index (χ1v) is 11.7. The second kappa shape index (κ2) is 10.5. The summed E-state index contributed by atoms with van der Waals surface area (Å²) in [6.45, 7) is 0.686. The molecule has 0 spiro atoms. The van der Waals surface area contributed by atoms with E-state index in [2.05, 4.69) is 15.5 Å². The zero-order valence-electron chi connectivity index (χ0n) is 17.9. The number of aromatic nitrogens is 3. The summed E-state index contributed by atoms with van der Waals surface area (Å²) in [4.78, 5) is 22.7. The number of nitrogens with zero attached hydrogens (tertiary/aromatic N) is 3. The highest BCUT2D eigenvalue weighted by molar-refractivity contribution is 7.11. The minimum Gasteiger partial charge on any atom is -0.497 e. The van der Waals surface area contributed by atoms with Crippen molar-refractivity contribution in [3.05, 3.63) is 45.7 Å². The van der Waals surface area contributed by atoms with E-state index in [0.717, 1.165) is 30.6 Å². The van der Waals surface area contributed by atoms with Crippen LogP contribution in [0.1, 0.15) is 53.6 Å². The Hall–Kier alpha value is -2.74. The molecule has 4 rings (SSSR count). The molecule has 1 aromatic carbocycles. The van der Waals surface area contributed by atoms with Gasteiger partial charge >= 0.3 is 0 Å². The number of methoxy groups -OCH3 is 1. The number of thiazole rings is 1. The number of carbonyl (C=O) groups excluding carboxylic acids is 1. The van der Waals surface area contributed by atoms with Crippen molar-refractivity contribution in [1.82, 2.24) is 20.4 Å². The van der Waals surface area contributed by atoms with E-state index in [0.29, 0.717) is 37.5 Å². The largest absolute Gasteiger partial charge is 0.497 e. The fraction of sp³-hybridized carbons (Fsp3) is 0.478. The zero-order chi connectivity index (χ0) is 21.5. The predicted octanol–water partition coefficient (Wildman–Crippen LogP) is 4.15. The number of rotatable bonds is 10. The summed E-state index contributed by atoms with van der Waals surface area (Å²) in [5.41, 5.74) is 2.18. The zero-order valence-corrected chi connectivity index (χ0v) is 18.7. The van der Waals surface area contributed by atoms with Crippen molar-refractivity contribution >= 4 is 17.2 Å². The molecule has 0 fully saturated rings. The molecule has 0 bridgehead atoms. The van der Waals surface area contributed by atoms with E-state index in [1.165, 1.54) is 34.8 Å². The van der Waals surface area contributed by atoms with Crippen molar-refractivity contribution < 1.29 is 14.1 Å². The van der Waals surface area contributed by atoms with Crippen LogP contribution < -0.4 is 10.1 Å². The molecule has 1 N–H and O–H groups in total. The van der Waals surface area contributed by atoms with Crippen LogP contribution >= 0.6 is 11.3 Å². The van der Waals surface area contributed by atoms with Crippen molar-refractivity contribution in [2.45, 2.75) is 57.8 Å². The summed E-state index contributed by atoms with van der Waals surface area (Å²) < 4.78 is 10.5. The summed E-state index contributed by atoms with van der Waals surface area (Å²) in [6, 6.07) is 7.50. The first kappa shape index (κ1) is 21.5. The van der Waals surface area contributed by atoms with E-state index in [1.54, 1.807) is 7.11 Å². The van der Waals surface area contributed by atoms with Gasteiger partial charge in [-0.2, -0.15) is 4.98 Å². The van der Waals surface area contributed by atoms with Crippen LogP contribution in [0.15, 0.2) is 28.8 Å². The number of ether oxygens (including phenoxy) is 1. The molecule has 7 nitrogen and oxygen atoms in total. The molecule has 2 heterocycles. The Morgan fingerprint density at radius 3 is 2.77 bits per heavy atom. The lowest BCUT2D eigenvalue weighted by Gasteiger charge is -2.06. The maximum atomic E-state index is 12.1. The monoisotopic (exact) mass is 440 g/mol. The van der Waals surface area contributed by atoms with E-state index in [-0.39, 0.29) is 5.91 Å². The lowest BCUT2D eigenvalue weighted by Crippen LogP contribution is -2.24. The molecule has 0 radical (unpaired) electrons. The third-order valence-corrected chi connectivity index (χ3v) is 6.61. The van der Waals surface area contributed by atoms with Gasteiger partial charge in [0, 0.05) is 36.2 Å². The van der Waals surface area contributed by atoms with Gasteiger partial charge in [0.05, 0.1) is 17.8 Å². The van der Waals surface area contributed by atoms with Gasteiger partial charge < -0.3 is 14.6 Å². The Balaban J connectivity index is 1.13. The second-order valence-electron chi connectivity index (χ2n) is 7.73. The molecule has 3 aromatic rings. The van der Waals surface area contributed by atoms with Gasteiger partial charge in [0.1, 0.15) is 5.75 Å². The summed E-state index contributed by atoms with van der Waals surface area (Å²) >= 11 is 1.85. The molecule has 1 amide bonds. The number of benzene rings is 1. The van der Waals surface area contributed by atoms with E-state index in [4.69, 9.17) is 14.2 Å². The Bertz CT molecular complexity index is 973. The molecule has 0 saturated heterocycles. The molecule has 164 valence electrons. The fourth-order valence-electron chi connectivity index (χ4n) is 3.68. The minimum absolute atomic E-state index is 0.0633. The van der Waals surface area contributed by atoms with Gasteiger partial charge in [-0.05, 0) is 62.8 Å². The number of aryl methyl sites for hydroxylation is 4. The Kier molecular flexibility index (Phi) is 7.30. The van der Waals surface area contributed by atoms with Crippen LogP contribution in [0, 0.1) is 0 Å². The van der Waals surface area contributed by atoms with Crippen LogP contribution in [0.3, 0.4) is 0 Å². The molecule has 1 aliphatic carbocycles. The van der Waals surface area contributed by atoms with Gasteiger partial charge in [-0.3, -0.25) is 4.79 Å². The number of fused-ring (bicyclic) bond motifs is 1. The predicted molar refractivity (Wildman–Crippen MR) is 119 cm³/mol. The molecular weight excluding hydrogens is 412 g/mol. The lowest BCUT2D eigenvalue weighted by atomic mass is 10.0. The van der Waals surface area contributed by atoms with E-state index < -0.39 is 0 Å². The van der Waals surface area contributed by atoms with Crippen LogP contribution in [0.25, 0.3) is 11.4 Å². The van der Waals surface area contributed by atoms with Gasteiger partial charge in [-0.1, -0.05) is 5.16 Å². The SMILES string of the molecule is COc1ccc(-c2noc(CCCC(=O)NCCCc3nc4c(s3)CCCC4)n2)cc1. The van der Waals surface area contributed by atoms with Gasteiger partial charge in [-0.15, -0.1) is 11.3 Å². The summed E-state index contributed by atoms with van der Waals surface area (Å²) in [6.07, 6.45) is 8.44. The van der Waals surface area contributed by atoms with Crippen molar-refractivity contribution in [2.75, 3.05) is 13.7 Å². The Morgan fingerprint density at radius 1 is 1.13 bits per heavy atom. The van der Waals surface area contributed by atoms with Crippen molar-refractivity contribution in [3.63, 3.8) is 0 Å². The molecule has 31 heavy (non-hydrogen) atoms. The highest BCUT2D eigenvalue weighted by atomic mass is 32.1. The van der Waals surface area contributed by atoms with Crippen LogP contribution in [-0.4, -0.2) is 34.7 Å².